The zero-order chi connectivity index (χ0) is 10.7. The Balaban J connectivity index is 2.19. The molecule has 1 saturated heterocycles. The molecule has 0 radical (unpaired) electrons. The van der Waals surface area contributed by atoms with Crippen molar-refractivity contribution in [2.75, 3.05) is 29.5 Å². The first-order chi connectivity index (χ1) is 7.31. The first kappa shape index (κ1) is 11.6. The van der Waals surface area contributed by atoms with Crippen molar-refractivity contribution >= 4 is 45.0 Å². The minimum atomic E-state index is 0.578. The lowest BCUT2D eigenvalue weighted by atomic mass is 10.2. The second-order valence-electron chi connectivity index (χ2n) is 3.52. The number of nitrogens with zero attached hydrogens (tertiary/aromatic N) is 1. The van der Waals surface area contributed by atoms with E-state index in [-0.39, 0.29) is 0 Å². The van der Waals surface area contributed by atoms with E-state index in [0.717, 1.165) is 17.6 Å². The fraction of sp³-hybridized carbons (Fsp3) is 0.455. The van der Waals surface area contributed by atoms with Gasteiger partial charge in [0.1, 0.15) is 0 Å². The van der Waals surface area contributed by atoms with Crippen LogP contribution >= 0.6 is 39.3 Å². The lowest BCUT2D eigenvalue weighted by molar-refractivity contribution is 0.856. The summed E-state index contributed by atoms with van der Waals surface area (Å²) in [6, 6.07) is 6.39. The van der Waals surface area contributed by atoms with Crippen molar-refractivity contribution in [2.24, 2.45) is 0 Å². The number of anilines is 1. The molecule has 0 spiro atoms. The molecule has 0 amide bonds. The van der Waals surface area contributed by atoms with Crippen molar-refractivity contribution in [3.8, 4) is 0 Å². The monoisotopic (exact) mass is 305 g/mol. The smallest absolute Gasteiger partial charge is 0.0511 e. The predicted molar refractivity (Wildman–Crippen MR) is 73.2 cm³/mol. The van der Waals surface area contributed by atoms with E-state index in [1.807, 2.05) is 11.8 Å². The van der Waals surface area contributed by atoms with Crippen molar-refractivity contribution in [1.82, 2.24) is 0 Å². The Bertz CT molecular complexity index is 339. The summed E-state index contributed by atoms with van der Waals surface area (Å²) in [5.74, 6) is 3.03. The molecule has 1 fully saturated rings. The van der Waals surface area contributed by atoms with Gasteiger partial charge in [0.15, 0.2) is 0 Å². The summed E-state index contributed by atoms with van der Waals surface area (Å²) in [7, 11) is 0. The summed E-state index contributed by atoms with van der Waals surface area (Å²) < 4.78 is 1.16. The standard InChI is InChI=1S/C11H13BrClNS/c12-10-7-9(8-13)1-2-11(10)14-3-5-15-6-4-14/h1-2,7H,3-6,8H2. The minimum absolute atomic E-state index is 0.578. The van der Waals surface area contributed by atoms with Gasteiger partial charge < -0.3 is 4.90 Å². The van der Waals surface area contributed by atoms with Crippen molar-refractivity contribution in [3.05, 3.63) is 28.2 Å². The number of halogens is 2. The molecule has 1 aromatic carbocycles. The van der Waals surface area contributed by atoms with Crippen LogP contribution in [0.4, 0.5) is 5.69 Å². The van der Waals surface area contributed by atoms with E-state index < -0.39 is 0 Å². The summed E-state index contributed by atoms with van der Waals surface area (Å²) in [4.78, 5) is 2.43. The van der Waals surface area contributed by atoms with Crippen LogP contribution in [0.5, 0.6) is 0 Å². The molecule has 0 bridgehead atoms. The van der Waals surface area contributed by atoms with Gasteiger partial charge in [0.25, 0.3) is 0 Å². The van der Waals surface area contributed by atoms with Gasteiger partial charge >= 0.3 is 0 Å². The van der Waals surface area contributed by atoms with Crippen LogP contribution in [0, 0.1) is 0 Å². The van der Waals surface area contributed by atoms with Gasteiger partial charge in [-0.1, -0.05) is 6.07 Å². The van der Waals surface area contributed by atoms with E-state index in [9.17, 15) is 0 Å². The molecule has 2 rings (SSSR count). The van der Waals surface area contributed by atoms with Gasteiger partial charge in [-0.2, -0.15) is 11.8 Å². The lowest BCUT2D eigenvalue weighted by Gasteiger charge is -2.29. The molecule has 0 aliphatic carbocycles. The van der Waals surface area contributed by atoms with E-state index in [2.05, 4.69) is 39.0 Å². The van der Waals surface area contributed by atoms with Crippen LogP contribution < -0.4 is 4.90 Å². The molecule has 0 saturated carbocycles. The SMILES string of the molecule is ClCc1ccc(N2CCSCC2)c(Br)c1. The Kier molecular flexibility index (Phi) is 4.23. The maximum absolute atomic E-state index is 5.80. The number of thioether (sulfide) groups is 1. The zero-order valence-electron chi connectivity index (χ0n) is 8.38. The number of hydrogen-bond acceptors (Lipinski definition) is 2. The van der Waals surface area contributed by atoms with Crippen molar-refractivity contribution in [3.63, 3.8) is 0 Å². The van der Waals surface area contributed by atoms with Gasteiger partial charge in [-0.15, -0.1) is 11.6 Å². The molecular weight excluding hydrogens is 294 g/mol. The molecule has 1 aliphatic heterocycles. The average Bonchev–Trinajstić information content (AvgIpc) is 2.30. The molecule has 82 valence electrons. The van der Waals surface area contributed by atoms with Gasteiger partial charge in [-0.25, -0.2) is 0 Å². The van der Waals surface area contributed by atoms with E-state index in [0.29, 0.717) is 5.88 Å². The Morgan fingerprint density at radius 3 is 2.67 bits per heavy atom. The third kappa shape index (κ3) is 2.83. The molecule has 0 atom stereocenters. The Morgan fingerprint density at radius 2 is 2.07 bits per heavy atom. The van der Waals surface area contributed by atoms with Crippen molar-refractivity contribution in [1.29, 1.82) is 0 Å². The van der Waals surface area contributed by atoms with Gasteiger partial charge in [0.2, 0.25) is 0 Å². The molecule has 1 nitrogen and oxygen atoms in total. The Hall–Kier alpha value is 0.140. The molecule has 1 aromatic rings. The fourth-order valence-corrected chi connectivity index (χ4v) is 3.44. The zero-order valence-corrected chi connectivity index (χ0v) is 11.5. The van der Waals surface area contributed by atoms with Gasteiger partial charge in [-0.3, -0.25) is 0 Å². The van der Waals surface area contributed by atoms with Gasteiger partial charge in [0, 0.05) is 34.9 Å². The van der Waals surface area contributed by atoms with Crippen LogP contribution in [-0.4, -0.2) is 24.6 Å². The summed E-state index contributed by atoms with van der Waals surface area (Å²) in [5.41, 5.74) is 2.46. The molecule has 1 heterocycles. The molecule has 0 N–H and O–H groups in total. The lowest BCUT2D eigenvalue weighted by Crippen LogP contribution is -2.32. The fourth-order valence-electron chi connectivity index (χ4n) is 1.69. The summed E-state index contributed by atoms with van der Waals surface area (Å²) >= 11 is 11.4. The normalized spacial score (nSPS) is 16.8. The molecule has 15 heavy (non-hydrogen) atoms. The van der Waals surface area contributed by atoms with Crippen LogP contribution in [0.25, 0.3) is 0 Å². The second kappa shape index (κ2) is 5.46. The van der Waals surface area contributed by atoms with Crippen LogP contribution in [0.2, 0.25) is 0 Å². The van der Waals surface area contributed by atoms with E-state index >= 15 is 0 Å². The van der Waals surface area contributed by atoms with Crippen LogP contribution in [0.15, 0.2) is 22.7 Å². The molecule has 0 unspecified atom stereocenters. The number of alkyl halides is 1. The molecule has 4 heteroatoms. The topological polar surface area (TPSA) is 3.24 Å². The second-order valence-corrected chi connectivity index (χ2v) is 5.87. The van der Waals surface area contributed by atoms with Crippen LogP contribution in [0.3, 0.4) is 0 Å². The Morgan fingerprint density at radius 1 is 1.33 bits per heavy atom. The first-order valence-corrected chi connectivity index (χ1v) is 7.46. The van der Waals surface area contributed by atoms with Crippen LogP contribution in [-0.2, 0) is 5.88 Å². The maximum Gasteiger partial charge on any atom is 0.0511 e. The summed E-state index contributed by atoms with van der Waals surface area (Å²) in [6.45, 7) is 2.28. The average molecular weight is 307 g/mol. The van der Waals surface area contributed by atoms with E-state index in [4.69, 9.17) is 11.6 Å². The van der Waals surface area contributed by atoms with Gasteiger partial charge in [0.05, 0.1) is 5.69 Å². The summed E-state index contributed by atoms with van der Waals surface area (Å²) in [5, 5.41) is 0. The third-order valence-electron chi connectivity index (χ3n) is 2.52. The highest BCUT2D eigenvalue weighted by Crippen LogP contribution is 2.29. The molecule has 0 aromatic heterocycles. The first-order valence-electron chi connectivity index (χ1n) is 4.98. The third-order valence-corrected chi connectivity index (χ3v) is 4.40. The number of hydrogen-bond donors (Lipinski definition) is 0. The van der Waals surface area contributed by atoms with E-state index in [1.165, 1.54) is 22.8 Å². The van der Waals surface area contributed by atoms with Crippen LogP contribution in [0.1, 0.15) is 5.56 Å². The highest BCUT2D eigenvalue weighted by molar-refractivity contribution is 9.10. The molecule has 1 aliphatic rings. The number of rotatable bonds is 2. The molecular formula is C11H13BrClNS. The highest BCUT2D eigenvalue weighted by atomic mass is 79.9. The van der Waals surface area contributed by atoms with Gasteiger partial charge in [-0.05, 0) is 33.6 Å². The summed E-state index contributed by atoms with van der Waals surface area (Å²) in [6.07, 6.45) is 0. The quantitative estimate of drug-likeness (QED) is 0.766. The number of benzene rings is 1. The largest absolute Gasteiger partial charge is 0.369 e. The minimum Gasteiger partial charge on any atom is -0.369 e. The maximum atomic E-state index is 5.80. The van der Waals surface area contributed by atoms with E-state index in [1.54, 1.807) is 0 Å². The van der Waals surface area contributed by atoms with Crippen molar-refractivity contribution in [2.45, 2.75) is 5.88 Å². The Labute approximate surface area is 108 Å². The van der Waals surface area contributed by atoms with Crippen molar-refractivity contribution < 1.29 is 0 Å². The predicted octanol–water partition coefficient (Wildman–Crippen LogP) is 3.74. The highest BCUT2D eigenvalue weighted by Gasteiger charge is 2.13.